The number of carbonyl (C=O) groups is 2. The highest BCUT2D eigenvalue weighted by Gasteiger charge is 2.47. The third-order valence-electron chi connectivity index (χ3n) is 4.36. The van der Waals surface area contributed by atoms with Crippen molar-refractivity contribution in [3.63, 3.8) is 0 Å². The Labute approximate surface area is 190 Å². The predicted molar refractivity (Wildman–Crippen MR) is 109 cm³/mol. The van der Waals surface area contributed by atoms with Crippen LogP contribution in [0, 0.1) is 0 Å². The summed E-state index contributed by atoms with van der Waals surface area (Å²) in [5, 5.41) is 16.6. The van der Waals surface area contributed by atoms with Crippen molar-refractivity contribution in [2.75, 3.05) is 13.2 Å². The minimum Gasteiger partial charge on any atom is -0.479 e. The van der Waals surface area contributed by atoms with Crippen molar-refractivity contribution in [2.24, 2.45) is 0 Å². The average molecular weight is 499 g/mol. The first-order chi connectivity index (χ1) is 15.3. The number of ether oxygens (including phenoxy) is 2. The number of alkyl halides is 6. The van der Waals surface area contributed by atoms with E-state index >= 15 is 0 Å². The van der Waals surface area contributed by atoms with Gasteiger partial charge < -0.3 is 19.7 Å². The minimum absolute atomic E-state index is 0.164. The monoisotopic (exact) mass is 498 g/mol. The molecule has 0 saturated heterocycles. The van der Waals surface area contributed by atoms with E-state index in [-0.39, 0.29) is 13.2 Å². The van der Waals surface area contributed by atoms with Gasteiger partial charge in [-0.25, -0.2) is 9.59 Å². The minimum atomic E-state index is -4.84. The largest absolute Gasteiger partial charge is 0.479 e. The fourth-order valence-electron chi connectivity index (χ4n) is 2.60. The highest BCUT2D eigenvalue weighted by Crippen LogP contribution is 2.24. The van der Waals surface area contributed by atoms with Crippen molar-refractivity contribution in [1.29, 1.82) is 0 Å². The summed E-state index contributed by atoms with van der Waals surface area (Å²) >= 11 is 0. The van der Waals surface area contributed by atoms with Crippen LogP contribution in [0.15, 0.2) is 0 Å². The zero-order valence-corrected chi connectivity index (χ0v) is 19.1. The van der Waals surface area contributed by atoms with Crippen LogP contribution in [0.5, 0.6) is 0 Å². The van der Waals surface area contributed by atoms with Gasteiger partial charge >= 0.3 is 24.3 Å². The zero-order chi connectivity index (χ0) is 25.9. The van der Waals surface area contributed by atoms with Crippen LogP contribution in [-0.4, -0.2) is 59.9 Å². The van der Waals surface area contributed by atoms with E-state index in [1.165, 1.54) is 0 Å². The summed E-state index contributed by atoms with van der Waals surface area (Å²) in [5.74, 6) is -3.97. The number of aliphatic carboxylic acids is 2. The number of hydrogen-bond donors (Lipinski definition) is 2. The van der Waals surface area contributed by atoms with E-state index in [4.69, 9.17) is 10.2 Å². The van der Waals surface area contributed by atoms with E-state index in [1.54, 1.807) is 0 Å². The molecule has 0 aromatic heterocycles. The highest BCUT2D eigenvalue weighted by molar-refractivity contribution is 5.73. The van der Waals surface area contributed by atoms with Gasteiger partial charge in [0.25, 0.3) is 12.2 Å². The Morgan fingerprint density at radius 3 is 1.12 bits per heavy atom. The van der Waals surface area contributed by atoms with Gasteiger partial charge in [-0.15, -0.1) is 0 Å². The summed E-state index contributed by atoms with van der Waals surface area (Å²) in [6.07, 6.45) is -5.40. The summed E-state index contributed by atoms with van der Waals surface area (Å²) in [6, 6.07) is 0. The maximum absolute atomic E-state index is 12.1. The molecule has 0 aliphatic carbocycles. The molecule has 198 valence electrons. The molecule has 12 heteroatoms. The number of carboxylic acid groups (broad SMARTS) is 2. The molecule has 0 radical (unpaired) electrons. The van der Waals surface area contributed by atoms with Gasteiger partial charge in [0.15, 0.2) is 0 Å². The standard InChI is InChI=1S/C11H19F3O3.C10H17F3O3/c1-2-3-4-5-6-7-8-17-9(10(15)16)11(12,13)14;1-2-3-4-5-6-7-16-8(9(14)15)10(11,12)13/h9H,2-8H2,1H3,(H,15,16);8H,2-7H2,1H3,(H,14,15). The molecule has 6 nitrogen and oxygen atoms in total. The quantitative estimate of drug-likeness (QED) is 0.179. The molecule has 0 fully saturated rings. The summed E-state index contributed by atoms with van der Waals surface area (Å²) in [4.78, 5) is 20.6. The van der Waals surface area contributed by atoms with Gasteiger partial charge in [-0.3, -0.25) is 0 Å². The van der Waals surface area contributed by atoms with Gasteiger partial charge in [0.05, 0.1) is 0 Å². The van der Waals surface area contributed by atoms with Gasteiger partial charge in [-0.05, 0) is 12.8 Å². The van der Waals surface area contributed by atoms with Gasteiger partial charge in [0, 0.05) is 13.2 Å². The van der Waals surface area contributed by atoms with Crippen LogP contribution in [0.4, 0.5) is 26.3 Å². The van der Waals surface area contributed by atoms with E-state index in [2.05, 4.69) is 16.4 Å². The van der Waals surface area contributed by atoms with E-state index in [0.717, 1.165) is 57.8 Å². The summed E-state index contributed by atoms with van der Waals surface area (Å²) in [7, 11) is 0. The van der Waals surface area contributed by atoms with Crippen molar-refractivity contribution in [3.05, 3.63) is 0 Å². The molecular formula is C21H36F6O6. The van der Waals surface area contributed by atoms with Crippen LogP contribution in [-0.2, 0) is 19.1 Å². The summed E-state index contributed by atoms with van der Waals surface area (Å²) < 4.78 is 81.4. The first kappa shape index (κ1) is 33.6. The number of unbranched alkanes of at least 4 members (excludes halogenated alkanes) is 9. The first-order valence-corrected chi connectivity index (χ1v) is 11.1. The molecule has 0 aromatic rings. The molecule has 0 aliphatic heterocycles. The maximum Gasteiger partial charge on any atom is 0.425 e. The van der Waals surface area contributed by atoms with E-state index in [1.807, 2.05) is 6.92 Å². The van der Waals surface area contributed by atoms with E-state index in [0.29, 0.717) is 12.8 Å². The molecule has 2 atom stereocenters. The lowest BCUT2D eigenvalue weighted by atomic mass is 10.1. The molecule has 0 bridgehead atoms. The Morgan fingerprint density at radius 2 is 0.879 bits per heavy atom. The lowest BCUT2D eigenvalue weighted by Gasteiger charge is -2.16. The van der Waals surface area contributed by atoms with Crippen LogP contribution in [0.25, 0.3) is 0 Å². The zero-order valence-electron chi connectivity index (χ0n) is 19.1. The second kappa shape index (κ2) is 18.8. The topological polar surface area (TPSA) is 93.1 Å². The van der Waals surface area contributed by atoms with Crippen LogP contribution < -0.4 is 0 Å². The molecule has 2 N–H and O–H groups in total. The molecule has 0 aliphatic rings. The second-order valence-electron chi connectivity index (χ2n) is 7.44. The Hall–Kier alpha value is -1.56. The molecule has 0 rings (SSSR count). The van der Waals surface area contributed by atoms with Crippen LogP contribution in [0.1, 0.15) is 84.5 Å². The van der Waals surface area contributed by atoms with Gasteiger partial charge in [0.1, 0.15) is 0 Å². The van der Waals surface area contributed by atoms with Gasteiger partial charge in [-0.2, -0.15) is 26.3 Å². The van der Waals surface area contributed by atoms with Gasteiger partial charge in [0.2, 0.25) is 0 Å². The maximum atomic E-state index is 12.1. The molecule has 0 heterocycles. The fraction of sp³-hybridized carbons (Fsp3) is 0.905. The molecule has 0 spiro atoms. The average Bonchev–Trinajstić information content (AvgIpc) is 2.67. The van der Waals surface area contributed by atoms with Crippen LogP contribution in [0.3, 0.4) is 0 Å². The predicted octanol–water partition coefficient (Wildman–Crippen LogP) is 6.37. The van der Waals surface area contributed by atoms with E-state index < -0.39 is 36.5 Å². The fourth-order valence-corrected chi connectivity index (χ4v) is 2.60. The molecule has 33 heavy (non-hydrogen) atoms. The Morgan fingerprint density at radius 1 is 0.606 bits per heavy atom. The Balaban J connectivity index is 0. The normalized spacial score (nSPS) is 13.7. The lowest BCUT2D eigenvalue weighted by molar-refractivity contribution is -0.228. The Kier molecular flexibility index (Phi) is 19.2. The summed E-state index contributed by atoms with van der Waals surface area (Å²) in [5.41, 5.74) is 0. The number of carboxylic acids is 2. The van der Waals surface area contributed by atoms with Crippen molar-refractivity contribution in [2.45, 2.75) is 109 Å². The SMILES string of the molecule is CCCCCCCCOC(C(=O)O)C(F)(F)F.CCCCCCCOC(C(=O)O)C(F)(F)F. The Bertz CT molecular complexity index is 510. The molecular weight excluding hydrogens is 462 g/mol. The number of hydrogen-bond acceptors (Lipinski definition) is 4. The molecule has 0 aromatic carbocycles. The van der Waals surface area contributed by atoms with Gasteiger partial charge in [-0.1, -0.05) is 71.6 Å². The van der Waals surface area contributed by atoms with Crippen molar-refractivity contribution in [3.8, 4) is 0 Å². The third-order valence-corrected chi connectivity index (χ3v) is 4.36. The highest BCUT2D eigenvalue weighted by atomic mass is 19.4. The smallest absolute Gasteiger partial charge is 0.425 e. The van der Waals surface area contributed by atoms with Crippen LogP contribution >= 0.6 is 0 Å². The number of halogens is 6. The second-order valence-corrected chi connectivity index (χ2v) is 7.44. The third kappa shape index (κ3) is 19.6. The summed E-state index contributed by atoms with van der Waals surface area (Å²) in [6.45, 7) is 3.77. The molecule has 0 amide bonds. The number of rotatable bonds is 17. The first-order valence-electron chi connectivity index (χ1n) is 11.1. The van der Waals surface area contributed by atoms with Crippen molar-refractivity contribution in [1.82, 2.24) is 0 Å². The van der Waals surface area contributed by atoms with Crippen LogP contribution in [0.2, 0.25) is 0 Å². The van der Waals surface area contributed by atoms with E-state index in [9.17, 15) is 35.9 Å². The lowest BCUT2D eigenvalue weighted by Crippen LogP contribution is -2.39. The van der Waals surface area contributed by atoms with Crippen molar-refractivity contribution < 1.29 is 55.6 Å². The molecule has 0 saturated carbocycles. The molecule has 2 unspecified atom stereocenters. The van der Waals surface area contributed by atoms with Crippen molar-refractivity contribution >= 4 is 11.9 Å².